The molecule has 1 fully saturated rings. The third-order valence-corrected chi connectivity index (χ3v) is 3.52. The van der Waals surface area contributed by atoms with Crippen LogP contribution >= 0.6 is 0 Å². The van der Waals surface area contributed by atoms with Crippen LogP contribution in [0.5, 0.6) is 5.88 Å². The Hall–Kier alpha value is -1.36. The molecule has 5 heteroatoms. The van der Waals surface area contributed by atoms with Gasteiger partial charge in [0.25, 0.3) is 0 Å². The van der Waals surface area contributed by atoms with Gasteiger partial charge in [0.05, 0.1) is 6.61 Å². The van der Waals surface area contributed by atoms with Crippen LogP contribution < -0.4 is 15.8 Å². The lowest BCUT2D eigenvalue weighted by Crippen LogP contribution is -2.29. The van der Waals surface area contributed by atoms with Crippen molar-refractivity contribution in [2.24, 2.45) is 11.7 Å². The van der Waals surface area contributed by atoms with Gasteiger partial charge < -0.3 is 15.8 Å². The van der Waals surface area contributed by atoms with Crippen molar-refractivity contribution >= 4 is 5.95 Å². The lowest BCUT2D eigenvalue weighted by atomic mass is 9.86. The van der Waals surface area contributed by atoms with Crippen LogP contribution in [0.2, 0.25) is 0 Å². The van der Waals surface area contributed by atoms with Gasteiger partial charge in [-0.05, 0) is 38.0 Å². The average Bonchev–Trinajstić information content (AvgIpc) is 2.45. The molecule has 0 amide bonds. The zero-order valence-electron chi connectivity index (χ0n) is 11.6. The summed E-state index contributed by atoms with van der Waals surface area (Å²) in [5.74, 6) is 1.98. The number of nitrogens with two attached hydrogens (primary N) is 1. The van der Waals surface area contributed by atoms with Crippen LogP contribution in [0.4, 0.5) is 5.95 Å². The summed E-state index contributed by atoms with van der Waals surface area (Å²) in [4.78, 5) is 8.56. The van der Waals surface area contributed by atoms with Crippen molar-refractivity contribution in [2.45, 2.75) is 45.1 Å². The number of hydrogen-bond acceptors (Lipinski definition) is 5. The molecule has 0 atom stereocenters. The Labute approximate surface area is 115 Å². The Morgan fingerprint density at radius 2 is 2.16 bits per heavy atom. The summed E-state index contributed by atoms with van der Waals surface area (Å²) in [6.45, 7) is 3.69. The first-order chi connectivity index (χ1) is 9.28. The van der Waals surface area contributed by atoms with Crippen molar-refractivity contribution in [3.8, 4) is 5.88 Å². The molecular formula is C14H24N4O. The highest BCUT2D eigenvalue weighted by Crippen LogP contribution is 2.23. The number of rotatable bonds is 6. The normalized spacial score (nSPS) is 23.1. The Morgan fingerprint density at radius 3 is 2.89 bits per heavy atom. The van der Waals surface area contributed by atoms with Gasteiger partial charge in [-0.2, -0.15) is 4.98 Å². The number of hydrogen-bond donors (Lipinski definition) is 2. The minimum Gasteiger partial charge on any atom is -0.478 e. The van der Waals surface area contributed by atoms with E-state index in [-0.39, 0.29) is 0 Å². The Bertz CT molecular complexity index is 377. The van der Waals surface area contributed by atoms with E-state index in [9.17, 15) is 0 Å². The van der Waals surface area contributed by atoms with Gasteiger partial charge in [-0.3, -0.25) is 0 Å². The van der Waals surface area contributed by atoms with E-state index in [2.05, 4.69) is 22.2 Å². The fourth-order valence-corrected chi connectivity index (χ4v) is 2.34. The summed E-state index contributed by atoms with van der Waals surface area (Å²) in [5.41, 5.74) is 5.91. The van der Waals surface area contributed by atoms with Gasteiger partial charge in [-0.15, -0.1) is 0 Å². The molecule has 1 aromatic heterocycles. The second-order valence-corrected chi connectivity index (χ2v) is 5.23. The van der Waals surface area contributed by atoms with E-state index in [1.807, 2.05) is 0 Å². The summed E-state index contributed by atoms with van der Waals surface area (Å²) in [6, 6.07) is 2.19. The third kappa shape index (κ3) is 4.67. The summed E-state index contributed by atoms with van der Waals surface area (Å²) >= 11 is 0. The molecule has 0 bridgehead atoms. The minimum absolute atomic E-state index is 0.401. The van der Waals surface area contributed by atoms with Crippen molar-refractivity contribution in [3.63, 3.8) is 0 Å². The van der Waals surface area contributed by atoms with Crippen molar-refractivity contribution in [1.82, 2.24) is 9.97 Å². The van der Waals surface area contributed by atoms with Crippen molar-refractivity contribution in [3.05, 3.63) is 12.3 Å². The van der Waals surface area contributed by atoms with Crippen molar-refractivity contribution in [1.29, 1.82) is 0 Å². The quantitative estimate of drug-likeness (QED) is 0.824. The molecule has 19 heavy (non-hydrogen) atoms. The molecule has 1 aliphatic carbocycles. The molecule has 0 aliphatic heterocycles. The number of aromatic nitrogens is 2. The molecule has 1 heterocycles. The first kappa shape index (κ1) is 14.1. The maximum Gasteiger partial charge on any atom is 0.225 e. The van der Waals surface area contributed by atoms with E-state index in [1.54, 1.807) is 12.3 Å². The molecule has 2 rings (SSSR count). The summed E-state index contributed by atoms with van der Waals surface area (Å²) in [6.07, 6.45) is 7.37. The topological polar surface area (TPSA) is 73.1 Å². The molecule has 3 N–H and O–H groups in total. The monoisotopic (exact) mass is 264 g/mol. The zero-order chi connectivity index (χ0) is 13.5. The molecule has 0 unspecified atom stereocenters. The molecule has 106 valence electrons. The van der Waals surface area contributed by atoms with Gasteiger partial charge in [0.2, 0.25) is 11.8 Å². The lowest BCUT2D eigenvalue weighted by Gasteiger charge is -2.26. The Balaban J connectivity index is 1.78. The van der Waals surface area contributed by atoms with Crippen LogP contribution in [-0.2, 0) is 0 Å². The molecule has 1 saturated carbocycles. The zero-order valence-corrected chi connectivity index (χ0v) is 11.6. The van der Waals surface area contributed by atoms with Gasteiger partial charge >= 0.3 is 0 Å². The van der Waals surface area contributed by atoms with Gasteiger partial charge in [-0.25, -0.2) is 4.98 Å². The molecule has 0 aromatic carbocycles. The summed E-state index contributed by atoms with van der Waals surface area (Å²) in [5, 5.41) is 3.30. The third-order valence-electron chi connectivity index (χ3n) is 3.52. The fourth-order valence-electron chi connectivity index (χ4n) is 2.34. The van der Waals surface area contributed by atoms with E-state index in [4.69, 9.17) is 10.5 Å². The Morgan fingerprint density at radius 1 is 1.37 bits per heavy atom. The Kier molecular flexibility index (Phi) is 5.39. The highest BCUT2D eigenvalue weighted by molar-refractivity contribution is 5.27. The fraction of sp³-hybridized carbons (Fsp3) is 0.714. The molecule has 5 nitrogen and oxygen atoms in total. The van der Waals surface area contributed by atoms with Crippen LogP contribution in [0, 0.1) is 5.92 Å². The smallest absolute Gasteiger partial charge is 0.225 e. The van der Waals surface area contributed by atoms with Crippen LogP contribution in [0.3, 0.4) is 0 Å². The molecule has 1 aromatic rings. The number of anilines is 1. The maximum absolute atomic E-state index is 5.91. The average molecular weight is 264 g/mol. The van der Waals surface area contributed by atoms with E-state index < -0.39 is 0 Å². The van der Waals surface area contributed by atoms with Crippen LogP contribution in [0.1, 0.15) is 39.0 Å². The summed E-state index contributed by atoms with van der Waals surface area (Å²) < 4.78 is 5.49. The minimum atomic E-state index is 0.401. The predicted octanol–water partition coefficient (Wildman–Crippen LogP) is 2.19. The van der Waals surface area contributed by atoms with E-state index >= 15 is 0 Å². The standard InChI is InChI=1S/C14H24N4O/c1-2-9-19-13-7-8-16-14(18-13)17-10-11-3-5-12(15)6-4-11/h7-8,11-12H,2-6,9-10,15H2,1H3,(H,16,17,18). The van der Waals surface area contributed by atoms with Gasteiger partial charge in [0.1, 0.15) is 0 Å². The predicted molar refractivity (Wildman–Crippen MR) is 76.2 cm³/mol. The first-order valence-corrected chi connectivity index (χ1v) is 7.23. The molecule has 0 spiro atoms. The number of ether oxygens (including phenoxy) is 1. The molecule has 0 saturated heterocycles. The number of nitrogens with zero attached hydrogens (tertiary/aromatic N) is 2. The largest absolute Gasteiger partial charge is 0.478 e. The second kappa shape index (κ2) is 7.28. The summed E-state index contributed by atoms with van der Waals surface area (Å²) in [7, 11) is 0. The highest BCUT2D eigenvalue weighted by atomic mass is 16.5. The van der Waals surface area contributed by atoms with E-state index in [0.29, 0.717) is 30.4 Å². The van der Waals surface area contributed by atoms with Gasteiger partial charge in [0.15, 0.2) is 0 Å². The highest BCUT2D eigenvalue weighted by Gasteiger charge is 2.18. The van der Waals surface area contributed by atoms with Crippen LogP contribution in [0.25, 0.3) is 0 Å². The second-order valence-electron chi connectivity index (χ2n) is 5.23. The van der Waals surface area contributed by atoms with Gasteiger partial charge in [0, 0.05) is 24.8 Å². The van der Waals surface area contributed by atoms with Crippen LogP contribution in [0.15, 0.2) is 12.3 Å². The van der Waals surface area contributed by atoms with Crippen LogP contribution in [-0.4, -0.2) is 29.2 Å². The first-order valence-electron chi connectivity index (χ1n) is 7.23. The molecular weight excluding hydrogens is 240 g/mol. The maximum atomic E-state index is 5.91. The molecule has 0 radical (unpaired) electrons. The van der Waals surface area contributed by atoms with Gasteiger partial charge in [-0.1, -0.05) is 6.92 Å². The molecule has 1 aliphatic rings. The number of nitrogens with one attached hydrogen (secondary N) is 1. The van der Waals surface area contributed by atoms with E-state index in [0.717, 1.165) is 25.8 Å². The SMILES string of the molecule is CCCOc1ccnc(NCC2CCC(N)CC2)n1. The van der Waals surface area contributed by atoms with Crippen molar-refractivity contribution in [2.75, 3.05) is 18.5 Å². The van der Waals surface area contributed by atoms with Crippen molar-refractivity contribution < 1.29 is 4.74 Å². The lowest BCUT2D eigenvalue weighted by molar-refractivity contribution is 0.305. The van der Waals surface area contributed by atoms with E-state index in [1.165, 1.54) is 12.8 Å².